The van der Waals surface area contributed by atoms with Crippen molar-refractivity contribution in [3.63, 3.8) is 0 Å². The van der Waals surface area contributed by atoms with Crippen LogP contribution < -0.4 is 5.32 Å². The van der Waals surface area contributed by atoms with Crippen molar-refractivity contribution in [2.75, 3.05) is 13.1 Å². The standard InChI is InChI=1S/C21H28N4O4/c1-21(2,3)29-20(28)25-12-10-17-16(13-25)18(23-24(17)4)19(27)22-11-9-14-5-7-15(26)8-6-14/h5-8,26H,9-13H2,1-4H3,(H,22,27). The number of carbonyl (C=O) groups excluding carboxylic acids is 2. The first-order valence-electron chi connectivity index (χ1n) is 9.73. The Kier molecular flexibility index (Phi) is 5.81. The number of nitrogens with one attached hydrogen (secondary N) is 1. The quantitative estimate of drug-likeness (QED) is 0.821. The molecule has 0 atom stereocenters. The number of amides is 2. The van der Waals surface area contributed by atoms with Crippen molar-refractivity contribution in [2.24, 2.45) is 7.05 Å². The normalized spacial score (nSPS) is 13.7. The van der Waals surface area contributed by atoms with Crippen molar-refractivity contribution >= 4 is 12.0 Å². The van der Waals surface area contributed by atoms with Crippen LogP contribution in [0.25, 0.3) is 0 Å². The molecule has 0 saturated carbocycles. The molecule has 2 N–H and O–H groups in total. The van der Waals surface area contributed by atoms with Crippen molar-refractivity contribution in [2.45, 2.75) is 45.8 Å². The van der Waals surface area contributed by atoms with Crippen LogP contribution in [-0.4, -0.2) is 50.5 Å². The van der Waals surface area contributed by atoms with Crippen LogP contribution >= 0.6 is 0 Å². The lowest BCUT2D eigenvalue weighted by Gasteiger charge is -2.30. The van der Waals surface area contributed by atoms with E-state index in [1.165, 1.54) is 0 Å². The molecule has 156 valence electrons. The average Bonchev–Trinajstić information content (AvgIpc) is 2.98. The zero-order valence-electron chi connectivity index (χ0n) is 17.4. The topological polar surface area (TPSA) is 96.7 Å². The molecule has 29 heavy (non-hydrogen) atoms. The number of aromatic nitrogens is 2. The maximum Gasteiger partial charge on any atom is 0.410 e. The number of nitrogens with zero attached hydrogens (tertiary/aromatic N) is 3. The van der Waals surface area contributed by atoms with E-state index in [4.69, 9.17) is 4.74 Å². The van der Waals surface area contributed by atoms with Crippen LogP contribution in [0.15, 0.2) is 24.3 Å². The van der Waals surface area contributed by atoms with E-state index in [1.807, 2.05) is 40.0 Å². The smallest absolute Gasteiger partial charge is 0.410 e. The molecule has 2 heterocycles. The summed E-state index contributed by atoms with van der Waals surface area (Å²) in [5.41, 5.74) is 2.53. The van der Waals surface area contributed by atoms with Crippen molar-refractivity contribution in [1.29, 1.82) is 0 Å². The number of phenols is 1. The fourth-order valence-corrected chi connectivity index (χ4v) is 3.32. The minimum atomic E-state index is -0.569. The Morgan fingerprint density at radius 3 is 2.59 bits per heavy atom. The number of rotatable bonds is 4. The SMILES string of the molecule is Cn1nc(C(=O)NCCc2ccc(O)cc2)c2c1CCN(C(=O)OC(C)(C)C)C2. The van der Waals surface area contributed by atoms with Gasteiger partial charge in [0.15, 0.2) is 5.69 Å². The van der Waals surface area contributed by atoms with E-state index in [9.17, 15) is 14.7 Å². The molecule has 8 nitrogen and oxygen atoms in total. The van der Waals surface area contributed by atoms with Gasteiger partial charge in [0.1, 0.15) is 11.4 Å². The second-order valence-corrected chi connectivity index (χ2v) is 8.22. The highest BCUT2D eigenvalue weighted by Crippen LogP contribution is 2.24. The van der Waals surface area contributed by atoms with Gasteiger partial charge in [-0.1, -0.05) is 12.1 Å². The molecule has 0 radical (unpaired) electrons. The van der Waals surface area contributed by atoms with Crippen LogP contribution in [-0.2, 0) is 31.2 Å². The minimum absolute atomic E-state index is 0.215. The van der Waals surface area contributed by atoms with Crippen LogP contribution in [0.1, 0.15) is 48.1 Å². The summed E-state index contributed by atoms with van der Waals surface area (Å²) in [7, 11) is 1.81. The largest absolute Gasteiger partial charge is 0.508 e. The number of benzene rings is 1. The van der Waals surface area contributed by atoms with E-state index >= 15 is 0 Å². The van der Waals surface area contributed by atoms with Crippen LogP contribution in [0.4, 0.5) is 4.79 Å². The summed E-state index contributed by atoms with van der Waals surface area (Å²) in [6, 6.07) is 6.89. The van der Waals surface area contributed by atoms with E-state index in [2.05, 4.69) is 10.4 Å². The molecule has 1 aliphatic heterocycles. The Morgan fingerprint density at radius 2 is 1.93 bits per heavy atom. The first-order chi connectivity index (χ1) is 13.6. The maximum atomic E-state index is 12.7. The lowest BCUT2D eigenvalue weighted by atomic mass is 10.0. The molecule has 1 aromatic carbocycles. The van der Waals surface area contributed by atoms with Gasteiger partial charge in [0.2, 0.25) is 0 Å². The number of aryl methyl sites for hydroxylation is 1. The van der Waals surface area contributed by atoms with E-state index < -0.39 is 5.60 Å². The number of phenolic OH excluding ortho intramolecular Hbond substituents is 1. The number of carbonyl (C=O) groups is 2. The second-order valence-electron chi connectivity index (χ2n) is 8.22. The fourth-order valence-electron chi connectivity index (χ4n) is 3.32. The molecule has 2 aromatic rings. The van der Waals surface area contributed by atoms with E-state index in [-0.39, 0.29) is 17.7 Å². The number of fused-ring (bicyclic) bond motifs is 1. The third-order valence-electron chi connectivity index (χ3n) is 4.74. The average molecular weight is 400 g/mol. The summed E-state index contributed by atoms with van der Waals surface area (Å²) < 4.78 is 7.18. The molecule has 0 unspecified atom stereocenters. The van der Waals surface area contributed by atoms with Crippen molar-refractivity contribution in [3.8, 4) is 5.75 Å². The summed E-state index contributed by atoms with van der Waals surface area (Å²) in [6.45, 7) is 6.78. The Morgan fingerprint density at radius 1 is 1.24 bits per heavy atom. The molecule has 2 amide bonds. The lowest BCUT2D eigenvalue weighted by Crippen LogP contribution is -2.40. The summed E-state index contributed by atoms with van der Waals surface area (Å²) in [5, 5.41) is 16.6. The number of hydrogen-bond acceptors (Lipinski definition) is 5. The van der Waals surface area contributed by atoms with Crippen molar-refractivity contribution in [1.82, 2.24) is 20.0 Å². The van der Waals surface area contributed by atoms with Gasteiger partial charge < -0.3 is 20.1 Å². The predicted molar refractivity (Wildman–Crippen MR) is 108 cm³/mol. The molecule has 0 saturated heterocycles. The van der Waals surface area contributed by atoms with Gasteiger partial charge in [-0.05, 0) is 44.9 Å². The Bertz CT molecular complexity index is 897. The molecule has 8 heteroatoms. The summed E-state index contributed by atoms with van der Waals surface area (Å²) in [4.78, 5) is 26.8. The molecule has 0 bridgehead atoms. The monoisotopic (exact) mass is 400 g/mol. The highest BCUT2D eigenvalue weighted by atomic mass is 16.6. The van der Waals surface area contributed by atoms with Gasteiger partial charge in [0.05, 0.1) is 6.54 Å². The first kappa shape index (κ1) is 20.7. The zero-order valence-corrected chi connectivity index (χ0v) is 17.4. The van der Waals surface area contributed by atoms with Crippen LogP contribution in [0.2, 0.25) is 0 Å². The zero-order chi connectivity index (χ0) is 21.2. The summed E-state index contributed by atoms with van der Waals surface area (Å²) >= 11 is 0. The minimum Gasteiger partial charge on any atom is -0.508 e. The third-order valence-corrected chi connectivity index (χ3v) is 4.74. The molecular weight excluding hydrogens is 372 g/mol. The number of aromatic hydroxyl groups is 1. The molecule has 3 rings (SSSR count). The Balaban J connectivity index is 1.66. The first-order valence-corrected chi connectivity index (χ1v) is 9.73. The van der Waals surface area contributed by atoms with Crippen LogP contribution in [0.5, 0.6) is 5.75 Å². The van der Waals surface area contributed by atoms with Gasteiger partial charge in [0.25, 0.3) is 5.91 Å². The Hall–Kier alpha value is -3.03. The number of ether oxygens (including phenoxy) is 1. The van der Waals surface area contributed by atoms with Gasteiger partial charge in [-0.15, -0.1) is 0 Å². The molecule has 1 aliphatic rings. The molecule has 1 aromatic heterocycles. The highest BCUT2D eigenvalue weighted by molar-refractivity contribution is 5.94. The van der Waals surface area contributed by atoms with Gasteiger partial charge in [-0.25, -0.2) is 4.79 Å². The van der Waals surface area contributed by atoms with E-state index in [1.54, 1.807) is 21.7 Å². The summed E-state index contributed by atoms with van der Waals surface area (Å²) in [5.74, 6) is -0.0425. The van der Waals surface area contributed by atoms with Crippen molar-refractivity contribution < 1.29 is 19.4 Å². The fraction of sp³-hybridized carbons (Fsp3) is 0.476. The molecule has 0 spiro atoms. The Labute approximate surface area is 170 Å². The van der Waals surface area contributed by atoms with Gasteiger partial charge in [-0.3, -0.25) is 9.48 Å². The summed E-state index contributed by atoms with van der Waals surface area (Å²) in [6.07, 6.45) is 0.884. The van der Waals surface area contributed by atoms with Gasteiger partial charge >= 0.3 is 6.09 Å². The molecule has 0 fully saturated rings. The highest BCUT2D eigenvalue weighted by Gasteiger charge is 2.31. The van der Waals surface area contributed by atoms with E-state index in [0.717, 1.165) is 16.8 Å². The molecule has 0 aliphatic carbocycles. The molecular formula is C21H28N4O4. The van der Waals surface area contributed by atoms with Crippen molar-refractivity contribution in [3.05, 3.63) is 46.8 Å². The maximum absolute atomic E-state index is 12.7. The van der Waals surface area contributed by atoms with Gasteiger partial charge in [-0.2, -0.15) is 5.10 Å². The number of hydrogen-bond donors (Lipinski definition) is 2. The van der Waals surface area contributed by atoms with Crippen LogP contribution in [0.3, 0.4) is 0 Å². The van der Waals surface area contributed by atoms with Gasteiger partial charge in [0, 0.05) is 37.8 Å². The van der Waals surface area contributed by atoms with E-state index in [0.29, 0.717) is 38.2 Å². The third kappa shape index (κ3) is 5.07. The van der Waals surface area contributed by atoms with Crippen LogP contribution in [0, 0.1) is 0 Å². The predicted octanol–water partition coefficient (Wildman–Crippen LogP) is 2.39. The lowest BCUT2D eigenvalue weighted by molar-refractivity contribution is 0.0221. The second kappa shape index (κ2) is 8.14.